The number of nitrogens with zero attached hydrogens (tertiary/aromatic N) is 3. The van der Waals surface area contributed by atoms with Crippen LogP contribution < -0.4 is 9.47 Å². The van der Waals surface area contributed by atoms with Crippen LogP contribution in [0.3, 0.4) is 0 Å². The van der Waals surface area contributed by atoms with Gasteiger partial charge in [-0.25, -0.2) is 0 Å². The first kappa shape index (κ1) is 32.2. The minimum absolute atomic E-state index is 0.144. The van der Waals surface area contributed by atoms with E-state index in [0.717, 1.165) is 59.5 Å². The van der Waals surface area contributed by atoms with E-state index in [0.29, 0.717) is 30.5 Å². The molecule has 0 bridgehead atoms. The zero-order valence-corrected chi connectivity index (χ0v) is 29.7. The van der Waals surface area contributed by atoms with Crippen molar-refractivity contribution in [1.82, 2.24) is 14.4 Å². The molecule has 6 heteroatoms. The van der Waals surface area contributed by atoms with Crippen molar-refractivity contribution in [3.8, 4) is 11.5 Å². The van der Waals surface area contributed by atoms with Crippen LogP contribution >= 0.6 is 0 Å². The fraction of sp³-hybridized carbons (Fsp3) is 0.465. The number of fused-ring (bicyclic) bond motifs is 3. The van der Waals surface area contributed by atoms with Gasteiger partial charge in [0.2, 0.25) is 5.91 Å². The zero-order chi connectivity index (χ0) is 33.7. The van der Waals surface area contributed by atoms with Gasteiger partial charge in [-0.1, -0.05) is 57.2 Å². The highest BCUT2D eigenvalue weighted by atomic mass is 16.5. The average Bonchev–Trinajstić information content (AvgIpc) is 3.45. The summed E-state index contributed by atoms with van der Waals surface area (Å²) >= 11 is 0. The Kier molecular flexibility index (Phi) is 8.55. The Hall–Kier alpha value is -4.03. The molecule has 4 aliphatic rings. The van der Waals surface area contributed by atoms with Crippen LogP contribution in [-0.2, 0) is 23.4 Å². The number of ether oxygens (including phenoxy) is 2. The van der Waals surface area contributed by atoms with Gasteiger partial charge in [0, 0.05) is 53.4 Å². The second kappa shape index (κ2) is 13.0. The van der Waals surface area contributed by atoms with E-state index in [4.69, 9.17) is 9.47 Å². The van der Waals surface area contributed by atoms with Crippen LogP contribution in [0.1, 0.15) is 81.5 Å². The molecule has 4 aromatic rings. The fourth-order valence-electron chi connectivity index (χ4n) is 9.35. The fourth-order valence-corrected chi connectivity index (χ4v) is 9.35. The predicted octanol–water partition coefficient (Wildman–Crippen LogP) is 8.45. The summed E-state index contributed by atoms with van der Waals surface area (Å²) in [6, 6.07) is 24.5. The molecule has 1 amide bonds. The third-order valence-electron chi connectivity index (χ3n) is 11.9. The first-order valence-corrected chi connectivity index (χ1v) is 18.5. The van der Waals surface area contributed by atoms with Crippen molar-refractivity contribution in [3.05, 3.63) is 101 Å². The third kappa shape index (κ3) is 6.29. The van der Waals surface area contributed by atoms with Crippen LogP contribution in [0, 0.1) is 11.8 Å². The first-order chi connectivity index (χ1) is 23.7. The van der Waals surface area contributed by atoms with Gasteiger partial charge in [0.25, 0.3) is 0 Å². The molecule has 6 nitrogen and oxygen atoms in total. The number of benzene rings is 3. The van der Waals surface area contributed by atoms with Gasteiger partial charge in [-0.3, -0.25) is 9.69 Å². The number of aromatic nitrogens is 1. The van der Waals surface area contributed by atoms with Crippen LogP contribution in [0.15, 0.2) is 78.5 Å². The number of methoxy groups -OCH3 is 1. The van der Waals surface area contributed by atoms with Crippen molar-refractivity contribution in [2.75, 3.05) is 26.7 Å². The number of piperidine rings is 4. The normalized spacial score (nSPS) is 24.9. The standard InChI is InChI=1S/C43H51N3O3/c1-43(2,3)34-14-9-30(10-15-34)28-49-35-16-11-29(12-17-35)25-45-26-33(38-24-36(48-4)18-20-39(38)45)23-31-13-19-40-37-8-6-22-44-21-5-7-32(41(37)44)27-46(40)42(31)47/h9-12,14-18,20,23-24,26,32,37,40-41H,5-8,13,19,21-22,25,27-28H2,1-4H3/b31-23+/t32-,37-,40-,41+/m1/s1. The molecule has 4 fully saturated rings. The van der Waals surface area contributed by atoms with E-state index in [1.807, 2.05) is 6.07 Å². The highest BCUT2D eigenvalue weighted by Crippen LogP contribution is 2.46. The maximum absolute atomic E-state index is 14.2. The molecule has 0 aliphatic carbocycles. The van der Waals surface area contributed by atoms with Crippen LogP contribution in [0.2, 0.25) is 0 Å². The second-order valence-corrected chi connectivity index (χ2v) is 15.9. The molecule has 0 N–H and O–H groups in total. The van der Waals surface area contributed by atoms with Gasteiger partial charge in [-0.2, -0.15) is 0 Å². The summed E-state index contributed by atoms with van der Waals surface area (Å²) in [7, 11) is 1.72. The molecule has 0 unspecified atom stereocenters. The Balaban J connectivity index is 1.00. The first-order valence-electron chi connectivity index (χ1n) is 18.5. The van der Waals surface area contributed by atoms with Crippen molar-refractivity contribution in [1.29, 1.82) is 0 Å². The van der Waals surface area contributed by atoms with Crippen LogP contribution in [-0.4, -0.2) is 59.1 Å². The van der Waals surface area contributed by atoms with Crippen molar-refractivity contribution < 1.29 is 14.3 Å². The second-order valence-electron chi connectivity index (χ2n) is 15.9. The lowest BCUT2D eigenvalue weighted by molar-refractivity contribution is -0.145. The number of carbonyl (C=O) groups is 1. The van der Waals surface area contributed by atoms with Gasteiger partial charge >= 0.3 is 0 Å². The van der Waals surface area contributed by atoms with Gasteiger partial charge < -0.3 is 18.9 Å². The summed E-state index contributed by atoms with van der Waals surface area (Å²) < 4.78 is 14.1. The van der Waals surface area contributed by atoms with E-state index >= 15 is 0 Å². The summed E-state index contributed by atoms with van der Waals surface area (Å²) in [6.07, 6.45) is 11.4. The molecule has 4 atom stereocenters. The van der Waals surface area contributed by atoms with Crippen molar-refractivity contribution in [2.24, 2.45) is 11.8 Å². The minimum atomic E-state index is 0.144. The number of hydrogen-bond acceptors (Lipinski definition) is 4. The molecule has 8 rings (SSSR count). The molecule has 4 saturated heterocycles. The van der Waals surface area contributed by atoms with Crippen LogP contribution in [0.5, 0.6) is 11.5 Å². The topological polar surface area (TPSA) is 46.9 Å². The summed E-state index contributed by atoms with van der Waals surface area (Å²) in [5, 5.41) is 1.12. The molecule has 0 saturated carbocycles. The molecule has 5 heterocycles. The largest absolute Gasteiger partial charge is 0.497 e. The zero-order valence-electron chi connectivity index (χ0n) is 29.7. The average molecular weight is 658 g/mol. The lowest BCUT2D eigenvalue weighted by Gasteiger charge is -2.58. The number of carbonyl (C=O) groups excluding carboxylic acids is 1. The highest BCUT2D eigenvalue weighted by Gasteiger charge is 2.51. The molecule has 1 aromatic heterocycles. The van der Waals surface area contributed by atoms with Crippen molar-refractivity contribution in [3.63, 3.8) is 0 Å². The number of hydrogen-bond donors (Lipinski definition) is 0. The van der Waals surface area contributed by atoms with Gasteiger partial charge in [0.15, 0.2) is 0 Å². The van der Waals surface area contributed by atoms with E-state index in [1.165, 1.54) is 55.5 Å². The predicted molar refractivity (Wildman–Crippen MR) is 197 cm³/mol. The van der Waals surface area contributed by atoms with E-state index in [-0.39, 0.29) is 11.3 Å². The Morgan fingerprint density at radius 3 is 2.37 bits per heavy atom. The molecule has 3 aromatic carbocycles. The number of rotatable bonds is 7. The van der Waals surface area contributed by atoms with Gasteiger partial charge in [0.05, 0.1) is 7.11 Å². The third-order valence-corrected chi connectivity index (χ3v) is 11.9. The summed E-state index contributed by atoms with van der Waals surface area (Å²) in [4.78, 5) is 19.2. The Labute approximate surface area is 291 Å². The highest BCUT2D eigenvalue weighted by molar-refractivity contribution is 6.02. The Morgan fingerprint density at radius 2 is 1.61 bits per heavy atom. The van der Waals surface area contributed by atoms with Crippen LogP contribution in [0.4, 0.5) is 0 Å². The van der Waals surface area contributed by atoms with E-state index in [1.54, 1.807) is 7.11 Å². The quantitative estimate of drug-likeness (QED) is 0.187. The SMILES string of the molecule is COc1ccc2c(c1)c(/C=C1\CC[C@@H]3[C@H]4CCCN5CCC[C@H](CN3C1=O)[C@@H]45)cn2Cc1ccc(OCc2ccc(C(C)(C)C)cc2)cc1. The van der Waals surface area contributed by atoms with Crippen LogP contribution in [0.25, 0.3) is 17.0 Å². The maximum atomic E-state index is 14.2. The summed E-state index contributed by atoms with van der Waals surface area (Å²) in [5.74, 6) is 3.23. The van der Waals surface area contributed by atoms with Crippen molar-refractivity contribution >= 4 is 22.9 Å². The molecule has 4 aliphatic heterocycles. The smallest absolute Gasteiger partial charge is 0.250 e. The molecule has 256 valence electrons. The lowest BCUT2D eigenvalue weighted by Crippen LogP contribution is -2.66. The van der Waals surface area contributed by atoms with E-state index < -0.39 is 0 Å². The van der Waals surface area contributed by atoms with E-state index in [2.05, 4.69) is 108 Å². The molecular formula is C43H51N3O3. The molecule has 49 heavy (non-hydrogen) atoms. The van der Waals surface area contributed by atoms with E-state index in [9.17, 15) is 4.79 Å². The maximum Gasteiger partial charge on any atom is 0.250 e. The molecule has 0 spiro atoms. The lowest BCUT2D eigenvalue weighted by atomic mass is 9.67. The summed E-state index contributed by atoms with van der Waals surface area (Å²) in [5.41, 5.74) is 7.01. The van der Waals surface area contributed by atoms with Crippen molar-refractivity contribution in [2.45, 2.75) is 89.9 Å². The summed E-state index contributed by atoms with van der Waals surface area (Å²) in [6.45, 7) is 11.4. The van der Waals surface area contributed by atoms with Gasteiger partial charge in [0.1, 0.15) is 18.1 Å². The minimum Gasteiger partial charge on any atom is -0.497 e. The molecule has 0 radical (unpaired) electrons. The molecular weight excluding hydrogens is 606 g/mol. The Morgan fingerprint density at radius 1 is 0.878 bits per heavy atom. The number of amides is 1. The van der Waals surface area contributed by atoms with Gasteiger partial charge in [-0.05, 0) is 122 Å². The monoisotopic (exact) mass is 657 g/mol. The van der Waals surface area contributed by atoms with Gasteiger partial charge in [-0.15, -0.1) is 0 Å². The Bertz CT molecular complexity index is 1850.